The van der Waals surface area contributed by atoms with Crippen molar-refractivity contribution in [2.75, 3.05) is 12.9 Å². The first-order valence-corrected chi connectivity index (χ1v) is 7.46. The largest absolute Gasteiger partial charge is 0.497 e. The quantitative estimate of drug-likeness (QED) is 0.591. The Balaban J connectivity index is 2.15. The number of aromatic nitrogens is 4. The van der Waals surface area contributed by atoms with Crippen molar-refractivity contribution in [1.82, 2.24) is 19.7 Å². The first-order valence-electron chi connectivity index (χ1n) is 6.48. The lowest BCUT2D eigenvalue weighted by Crippen LogP contribution is -2.09. The molecule has 0 aliphatic carbocycles. The summed E-state index contributed by atoms with van der Waals surface area (Å²) < 4.78 is 6.80. The second-order valence-corrected chi connectivity index (χ2v) is 5.55. The molecule has 1 aromatic carbocycles. The monoisotopic (exact) mass is 302 g/mol. The van der Waals surface area contributed by atoms with Crippen LogP contribution in [0.15, 0.2) is 40.4 Å². The third-order valence-electron chi connectivity index (χ3n) is 3.01. The molecule has 0 atom stereocenters. The molecule has 0 spiro atoms. The van der Waals surface area contributed by atoms with Gasteiger partial charge in [0.05, 0.1) is 19.0 Å². The highest BCUT2D eigenvalue weighted by Crippen LogP contribution is 2.19. The summed E-state index contributed by atoms with van der Waals surface area (Å²) in [4.78, 5) is 19.3. The number of fused-ring (bicyclic) bond motifs is 1. The molecule has 3 aromatic rings. The predicted octanol–water partition coefficient (Wildman–Crippen LogP) is 2.23. The third-order valence-corrected chi connectivity index (χ3v) is 3.77. The second-order valence-electron chi connectivity index (χ2n) is 4.30. The Morgan fingerprint density at radius 2 is 2.10 bits per heavy atom. The van der Waals surface area contributed by atoms with Crippen LogP contribution in [0.3, 0.4) is 0 Å². The number of thioether (sulfide) groups is 1. The van der Waals surface area contributed by atoms with Gasteiger partial charge in [-0.25, -0.2) is 9.67 Å². The highest BCUT2D eigenvalue weighted by molar-refractivity contribution is 7.99. The van der Waals surface area contributed by atoms with E-state index in [1.807, 2.05) is 31.2 Å². The molecule has 0 amide bonds. The Morgan fingerprint density at radius 3 is 2.76 bits per heavy atom. The fourth-order valence-corrected chi connectivity index (χ4v) is 2.61. The zero-order valence-corrected chi connectivity index (χ0v) is 12.5. The van der Waals surface area contributed by atoms with Gasteiger partial charge >= 0.3 is 0 Å². The Labute approximate surface area is 125 Å². The minimum absolute atomic E-state index is 0.171. The Bertz CT molecular complexity index is 823. The molecular formula is C14H14N4O2S. The van der Waals surface area contributed by atoms with Crippen molar-refractivity contribution in [3.05, 3.63) is 40.8 Å². The number of H-pyrrole nitrogens is 1. The number of nitrogens with one attached hydrogen (secondary N) is 1. The molecule has 7 heteroatoms. The van der Waals surface area contributed by atoms with E-state index in [1.165, 1.54) is 18.0 Å². The fourth-order valence-electron chi connectivity index (χ4n) is 2.02. The van der Waals surface area contributed by atoms with Crippen LogP contribution in [0.4, 0.5) is 0 Å². The van der Waals surface area contributed by atoms with Crippen LogP contribution < -0.4 is 10.3 Å². The molecule has 1 N–H and O–H groups in total. The SMILES string of the molecule is CCSc1nc2c(cnn2-c2ccc(OC)cc2)c(=O)[nH]1. The first kappa shape index (κ1) is 13.7. The molecule has 0 saturated carbocycles. The van der Waals surface area contributed by atoms with Gasteiger partial charge in [0.1, 0.15) is 11.1 Å². The summed E-state index contributed by atoms with van der Waals surface area (Å²) >= 11 is 1.49. The number of rotatable bonds is 4. The Kier molecular flexibility index (Phi) is 3.66. The number of hydrogen-bond donors (Lipinski definition) is 1. The Hall–Kier alpha value is -2.28. The van der Waals surface area contributed by atoms with Crippen LogP contribution >= 0.6 is 11.8 Å². The summed E-state index contributed by atoms with van der Waals surface area (Å²) in [5.74, 6) is 1.61. The summed E-state index contributed by atoms with van der Waals surface area (Å²) in [6, 6.07) is 7.44. The number of aromatic amines is 1. The Morgan fingerprint density at radius 1 is 1.33 bits per heavy atom. The fraction of sp³-hybridized carbons (Fsp3) is 0.214. The average Bonchev–Trinajstić information content (AvgIpc) is 2.92. The molecule has 0 bridgehead atoms. The van der Waals surface area contributed by atoms with Crippen LogP contribution in [0.25, 0.3) is 16.7 Å². The van der Waals surface area contributed by atoms with Crippen LogP contribution in [0.2, 0.25) is 0 Å². The van der Waals surface area contributed by atoms with Gasteiger partial charge in [0.15, 0.2) is 10.8 Å². The van der Waals surface area contributed by atoms with E-state index in [0.717, 1.165) is 17.2 Å². The van der Waals surface area contributed by atoms with Gasteiger partial charge in [0, 0.05) is 0 Å². The molecule has 3 rings (SSSR count). The first-order chi connectivity index (χ1) is 10.2. The smallest absolute Gasteiger partial charge is 0.262 e. The molecule has 21 heavy (non-hydrogen) atoms. The van der Waals surface area contributed by atoms with Crippen LogP contribution in [0, 0.1) is 0 Å². The zero-order valence-electron chi connectivity index (χ0n) is 11.7. The number of ether oxygens (including phenoxy) is 1. The van der Waals surface area contributed by atoms with Gasteiger partial charge in [-0.15, -0.1) is 0 Å². The molecular weight excluding hydrogens is 288 g/mol. The summed E-state index contributed by atoms with van der Waals surface area (Å²) in [7, 11) is 1.62. The van der Waals surface area contributed by atoms with Crippen LogP contribution in [0.1, 0.15) is 6.92 Å². The second kappa shape index (κ2) is 5.61. The van der Waals surface area contributed by atoms with E-state index in [2.05, 4.69) is 15.1 Å². The van der Waals surface area contributed by atoms with Gasteiger partial charge in [-0.1, -0.05) is 18.7 Å². The molecule has 0 aliphatic rings. The summed E-state index contributed by atoms with van der Waals surface area (Å²) in [6.45, 7) is 2.01. The average molecular weight is 302 g/mol. The molecule has 6 nitrogen and oxygen atoms in total. The van der Waals surface area contributed by atoms with Crippen molar-refractivity contribution in [2.24, 2.45) is 0 Å². The number of methoxy groups -OCH3 is 1. The lowest BCUT2D eigenvalue weighted by molar-refractivity contribution is 0.414. The van der Waals surface area contributed by atoms with Gasteiger partial charge in [-0.2, -0.15) is 5.10 Å². The number of benzene rings is 1. The topological polar surface area (TPSA) is 72.8 Å². The maximum Gasteiger partial charge on any atom is 0.262 e. The number of nitrogens with zero attached hydrogens (tertiary/aromatic N) is 3. The lowest BCUT2D eigenvalue weighted by atomic mass is 10.3. The maximum atomic E-state index is 12.0. The maximum absolute atomic E-state index is 12.0. The van der Waals surface area contributed by atoms with E-state index in [0.29, 0.717) is 16.2 Å². The summed E-state index contributed by atoms with van der Waals surface area (Å²) in [6.07, 6.45) is 1.53. The van der Waals surface area contributed by atoms with Crippen molar-refractivity contribution >= 4 is 22.8 Å². The van der Waals surface area contributed by atoms with Crippen LogP contribution in [-0.4, -0.2) is 32.6 Å². The number of hydrogen-bond acceptors (Lipinski definition) is 5. The van der Waals surface area contributed by atoms with Gasteiger partial charge in [0.2, 0.25) is 0 Å². The molecule has 0 saturated heterocycles. The van der Waals surface area contributed by atoms with Crippen molar-refractivity contribution in [1.29, 1.82) is 0 Å². The molecule has 108 valence electrons. The third kappa shape index (κ3) is 2.52. The predicted molar refractivity (Wildman–Crippen MR) is 82.4 cm³/mol. The van der Waals surface area contributed by atoms with E-state index >= 15 is 0 Å². The van der Waals surface area contributed by atoms with Gasteiger partial charge < -0.3 is 9.72 Å². The molecule has 0 fully saturated rings. The van der Waals surface area contributed by atoms with E-state index in [-0.39, 0.29) is 5.56 Å². The van der Waals surface area contributed by atoms with E-state index in [9.17, 15) is 4.79 Å². The highest BCUT2D eigenvalue weighted by Gasteiger charge is 2.11. The van der Waals surface area contributed by atoms with E-state index in [4.69, 9.17) is 4.74 Å². The molecule has 0 radical (unpaired) electrons. The lowest BCUT2D eigenvalue weighted by Gasteiger charge is -2.05. The highest BCUT2D eigenvalue weighted by atomic mass is 32.2. The summed E-state index contributed by atoms with van der Waals surface area (Å²) in [5.41, 5.74) is 1.21. The van der Waals surface area contributed by atoms with Crippen molar-refractivity contribution in [3.8, 4) is 11.4 Å². The van der Waals surface area contributed by atoms with Gasteiger partial charge in [-0.3, -0.25) is 4.79 Å². The summed E-state index contributed by atoms with van der Waals surface area (Å²) in [5, 5.41) is 5.35. The minimum Gasteiger partial charge on any atom is -0.497 e. The van der Waals surface area contributed by atoms with Crippen LogP contribution in [-0.2, 0) is 0 Å². The van der Waals surface area contributed by atoms with Crippen molar-refractivity contribution < 1.29 is 4.74 Å². The van der Waals surface area contributed by atoms with Crippen LogP contribution in [0.5, 0.6) is 5.75 Å². The standard InChI is InChI=1S/C14H14N4O2S/c1-3-21-14-16-12-11(13(19)17-14)8-15-18(12)9-4-6-10(20-2)7-5-9/h4-8H,3H2,1-2H3,(H,16,17,19). The van der Waals surface area contributed by atoms with Gasteiger partial charge in [0.25, 0.3) is 5.56 Å². The zero-order chi connectivity index (χ0) is 14.8. The minimum atomic E-state index is -0.171. The van der Waals surface area contributed by atoms with Gasteiger partial charge in [-0.05, 0) is 30.0 Å². The molecule has 2 heterocycles. The molecule has 0 unspecified atom stereocenters. The van der Waals surface area contributed by atoms with E-state index < -0.39 is 0 Å². The normalized spacial score (nSPS) is 11.0. The van der Waals surface area contributed by atoms with E-state index in [1.54, 1.807) is 11.8 Å². The van der Waals surface area contributed by atoms with Crippen molar-refractivity contribution in [3.63, 3.8) is 0 Å². The molecule has 0 aliphatic heterocycles. The van der Waals surface area contributed by atoms with Crippen molar-refractivity contribution in [2.45, 2.75) is 12.1 Å². The molecule has 2 aromatic heterocycles.